The number of carbonyl (C=O) groups excluding carboxylic acids is 1. The average molecular weight is 303 g/mol. The molecule has 0 saturated carbocycles. The quantitative estimate of drug-likeness (QED) is 0.633. The number of phenolic OH excluding ortho intramolecular Hbond substituents is 1. The maximum atomic E-state index is 11.8. The molecule has 0 aromatic heterocycles. The van der Waals surface area contributed by atoms with Crippen LogP contribution in [0.25, 0.3) is 0 Å². The van der Waals surface area contributed by atoms with Gasteiger partial charge in [0.05, 0.1) is 5.56 Å². The van der Waals surface area contributed by atoms with Gasteiger partial charge in [0.2, 0.25) is 0 Å². The summed E-state index contributed by atoms with van der Waals surface area (Å²) in [6.45, 7) is 1.57. The highest BCUT2D eigenvalue weighted by molar-refractivity contribution is 14.1. The van der Waals surface area contributed by atoms with Crippen LogP contribution < -0.4 is 0 Å². The number of phenols is 1. The number of nitrogens with zero attached hydrogens (tertiary/aromatic N) is 1. The van der Waals surface area contributed by atoms with Crippen molar-refractivity contribution in [1.29, 1.82) is 0 Å². The number of aromatic hydroxyl groups is 1. The van der Waals surface area contributed by atoms with E-state index in [0.717, 1.165) is 13.1 Å². The van der Waals surface area contributed by atoms with Crippen molar-refractivity contribution < 1.29 is 9.90 Å². The smallest absolute Gasteiger partial charge is 0.257 e. The van der Waals surface area contributed by atoms with E-state index in [2.05, 4.69) is 22.6 Å². The lowest BCUT2D eigenvalue weighted by molar-refractivity contribution is 0.0670. The summed E-state index contributed by atoms with van der Waals surface area (Å²) in [5.74, 6) is -0.00887. The van der Waals surface area contributed by atoms with Crippen molar-refractivity contribution in [3.63, 3.8) is 0 Å². The van der Waals surface area contributed by atoms with E-state index in [1.807, 2.05) is 0 Å². The van der Waals surface area contributed by atoms with Crippen molar-refractivity contribution in [3.8, 4) is 5.75 Å². The number of likely N-dealkylation sites (tertiary alicyclic amines) is 1. The molecule has 14 heavy (non-hydrogen) atoms. The van der Waals surface area contributed by atoms with Crippen LogP contribution in [0.5, 0.6) is 5.75 Å². The molecule has 0 atom stereocenters. The number of hydrogen-bond donors (Lipinski definition) is 1. The van der Waals surface area contributed by atoms with Crippen molar-refractivity contribution in [2.45, 2.75) is 3.92 Å². The van der Waals surface area contributed by atoms with E-state index in [9.17, 15) is 9.90 Å². The Balaban J connectivity index is 2.16. The number of hydrogen-bond acceptors (Lipinski definition) is 2. The second kappa shape index (κ2) is 3.76. The van der Waals surface area contributed by atoms with Gasteiger partial charge in [-0.1, -0.05) is 34.7 Å². The Bertz CT molecular complexity index is 361. The Morgan fingerprint density at radius 1 is 1.43 bits per heavy atom. The third-order valence-corrected chi connectivity index (χ3v) is 3.05. The van der Waals surface area contributed by atoms with Crippen molar-refractivity contribution >= 4 is 28.5 Å². The summed E-state index contributed by atoms with van der Waals surface area (Å²) in [6.07, 6.45) is 0. The normalized spacial score (nSPS) is 16.5. The summed E-state index contributed by atoms with van der Waals surface area (Å²) < 4.78 is 0.558. The summed E-state index contributed by atoms with van der Waals surface area (Å²) in [6, 6.07) is 6.66. The predicted molar refractivity (Wildman–Crippen MR) is 61.8 cm³/mol. The third kappa shape index (κ3) is 1.70. The largest absolute Gasteiger partial charge is 0.507 e. The van der Waals surface area contributed by atoms with E-state index in [-0.39, 0.29) is 11.7 Å². The summed E-state index contributed by atoms with van der Waals surface area (Å²) in [5.41, 5.74) is 0.399. The Kier molecular flexibility index (Phi) is 2.62. The first-order valence-corrected chi connectivity index (χ1v) is 5.64. The van der Waals surface area contributed by atoms with E-state index in [1.165, 1.54) is 6.07 Å². The highest BCUT2D eigenvalue weighted by Crippen LogP contribution is 2.23. The van der Waals surface area contributed by atoms with Crippen molar-refractivity contribution in [2.75, 3.05) is 13.1 Å². The zero-order valence-electron chi connectivity index (χ0n) is 7.48. The molecule has 0 bridgehead atoms. The van der Waals surface area contributed by atoms with Gasteiger partial charge in [-0.05, 0) is 12.1 Å². The standard InChI is InChI=1S/C10H10INO2/c11-7-5-12(6-7)10(14)8-3-1-2-4-9(8)13/h1-4,7,13H,5-6H2. The van der Waals surface area contributed by atoms with Crippen LogP contribution in [0.1, 0.15) is 10.4 Å². The van der Waals surface area contributed by atoms with Crippen LogP contribution in [0.2, 0.25) is 0 Å². The number of benzene rings is 1. The molecule has 0 spiro atoms. The Morgan fingerprint density at radius 3 is 2.64 bits per heavy atom. The van der Waals surface area contributed by atoms with Crippen LogP contribution in [0, 0.1) is 0 Å². The maximum Gasteiger partial charge on any atom is 0.257 e. The van der Waals surface area contributed by atoms with Gasteiger partial charge in [-0.25, -0.2) is 0 Å². The minimum Gasteiger partial charge on any atom is -0.507 e. The van der Waals surface area contributed by atoms with Gasteiger partial charge in [-0.2, -0.15) is 0 Å². The number of amides is 1. The number of carbonyl (C=O) groups is 1. The maximum absolute atomic E-state index is 11.8. The molecule has 1 N–H and O–H groups in total. The molecule has 1 fully saturated rings. The van der Waals surface area contributed by atoms with Gasteiger partial charge >= 0.3 is 0 Å². The molecule has 2 rings (SSSR count). The van der Waals surface area contributed by atoms with Gasteiger partial charge in [0, 0.05) is 17.0 Å². The second-order valence-corrected chi connectivity index (χ2v) is 5.09. The Morgan fingerprint density at radius 2 is 2.07 bits per heavy atom. The van der Waals surface area contributed by atoms with E-state index >= 15 is 0 Å². The number of alkyl halides is 1. The molecule has 1 aromatic carbocycles. The first-order chi connectivity index (χ1) is 6.68. The van der Waals surface area contributed by atoms with Gasteiger partial charge in [-0.15, -0.1) is 0 Å². The van der Waals surface area contributed by atoms with E-state index in [1.54, 1.807) is 23.1 Å². The summed E-state index contributed by atoms with van der Waals surface area (Å²) in [4.78, 5) is 13.5. The van der Waals surface area contributed by atoms with E-state index < -0.39 is 0 Å². The van der Waals surface area contributed by atoms with Gasteiger partial charge in [0.1, 0.15) is 5.75 Å². The van der Waals surface area contributed by atoms with Crippen LogP contribution in [-0.4, -0.2) is 32.9 Å². The molecule has 1 aliphatic heterocycles. The summed E-state index contributed by atoms with van der Waals surface area (Å²) in [7, 11) is 0. The van der Waals surface area contributed by atoms with E-state index in [4.69, 9.17) is 0 Å². The molecule has 74 valence electrons. The molecule has 4 heteroatoms. The lowest BCUT2D eigenvalue weighted by atomic mass is 10.1. The molecule has 0 unspecified atom stereocenters. The number of rotatable bonds is 1. The van der Waals surface area contributed by atoms with Gasteiger partial charge < -0.3 is 10.0 Å². The lowest BCUT2D eigenvalue weighted by Gasteiger charge is -2.36. The average Bonchev–Trinajstić information content (AvgIpc) is 2.13. The Labute approximate surface area is 95.9 Å². The monoisotopic (exact) mass is 303 g/mol. The summed E-state index contributed by atoms with van der Waals surface area (Å²) >= 11 is 2.31. The highest BCUT2D eigenvalue weighted by atomic mass is 127. The van der Waals surface area contributed by atoms with Crippen LogP contribution in [-0.2, 0) is 0 Å². The fourth-order valence-corrected chi connectivity index (χ4v) is 2.37. The lowest BCUT2D eigenvalue weighted by Crippen LogP contribution is -2.50. The van der Waals surface area contributed by atoms with Crippen molar-refractivity contribution in [2.24, 2.45) is 0 Å². The number of halogens is 1. The summed E-state index contributed by atoms with van der Waals surface area (Å²) in [5, 5.41) is 9.47. The molecule has 1 aromatic rings. The predicted octanol–water partition coefficient (Wildman–Crippen LogP) is 1.65. The highest BCUT2D eigenvalue weighted by Gasteiger charge is 2.29. The zero-order chi connectivity index (χ0) is 10.1. The minimum atomic E-state index is -0.0731. The molecular weight excluding hydrogens is 293 g/mol. The fraction of sp³-hybridized carbons (Fsp3) is 0.300. The van der Waals surface area contributed by atoms with Crippen molar-refractivity contribution in [1.82, 2.24) is 4.90 Å². The van der Waals surface area contributed by atoms with Crippen LogP contribution in [0.4, 0.5) is 0 Å². The molecule has 1 amide bonds. The van der Waals surface area contributed by atoms with Gasteiger partial charge in [0.15, 0.2) is 0 Å². The first-order valence-electron chi connectivity index (χ1n) is 4.40. The third-order valence-electron chi connectivity index (χ3n) is 2.26. The molecule has 1 saturated heterocycles. The SMILES string of the molecule is O=C(c1ccccc1O)N1CC(I)C1. The fourth-order valence-electron chi connectivity index (χ4n) is 1.42. The Hall–Kier alpha value is -0.780. The molecule has 0 radical (unpaired) electrons. The molecule has 0 aliphatic carbocycles. The zero-order valence-corrected chi connectivity index (χ0v) is 9.64. The molecule has 1 heterocycles. The first kappa shape index (κ1) is 9.76. The van der Waals surface area contributed by atoms with Crippen LogP contribution >= 0.6 is 22.6 Å². The van der Waals surface area contributed by atoms with Gasteiger partial charge in [-0.3, -0.25) is 4.79 Å². The molecule has 1 aliphatic rings. The van der Waals surface area contributed by atoms with Crippen LogP contribution in [0.3, 0.4) is 0 Å². The minimum absolute atomic E-state index is 0.0643. The topological polar surface area (TPSA) is 40.5 Å². The van der Waals surface area contributed by atoms with Crippen LogP contribution in [0.15, 0.2) is 24.3 Å². The number of para-hydroxylation sites is 1. The van der Waals surface area contributed by atoms with Gasteiger partial charge in [0.25, 0.3) is 5.91 Å². The molecule has 3 nitrogen and oxygen atoms in total. The second-order valence-electron chi connectivity index (χ2n) is 3.32. The van der Waals surface area contributed by atoms with E-state index in [0.29, 0.717) is 9.49 Å². The van der Waals surface area contributed by atoms with Crippen molar-refractivity contribution in [3.05, 3.63) is 29.8 Å². The molecular formula is C10H10INO2.